The van der Waals surface area contributed by atoms with E-state index in [0.29, 0.717) is 0 Å². The molecular formula is C10H9F3O2S. The molecule has 1 N–H and O–H groups in total. The summed E-state index contributed by atoms with van der Waals surface area (Å²) in [6.45, 7) is 0. The zero-order chi connectivity index (χ0) is 12.2. The van der Waals surface area contributed by atoms with Crippen molar-refractivity contribution in [2.75, 3.05) is 11.5 Å². The van der Waals surface area contributed by atoms with Gasteiger partial charge in [0.05, 0.1) is 11.1 Å². The molecule has 1 aromatic rings. The summed E-state index contributed by atoms with van der Waals surface area (Å²) in [4.78, 5) is 10.3. The van der Waals surface area contributed by atoms with Crippen LogP contribution in [0.2, 0.25) is 0 Å². The van der Waals surface area contributed by atoms with Gasteiger partial charge in [-0.05, 0) is 24.3 Å². The summed E-state index contributed by atoms with van der Waals surface area (Å²) in [6.07, 6.45) is -4.42. The van der Waals surface area contributed by atoms with Crippen LogP contribution in [0.15, 0.2) is 24.3 Å². The zero-order valence-electron chi connectivity index (χ0n) is 8.12. The Morgan fingerprint density at radius 3 is 1.88 bits per heavy atom. The summed E-state index contributed by atoms with van der Waals surface area (Å²) in [5, 5.41) is 8.40. The Labute approximate surface area is 94.5 Å². The van der Waals surface area contributed by atoms with Crippen molar-refractivity contribution in [3.05, 3.63) is 35.4 Å². The van der Waals surface area contributed by atoms with Gasteiger partial charge in [-0.25, -0.2) is 4.79 Å². The Morgan fingerprint density at radius 1 is 1.19 bits per heavy atom. The van der Waals surface area contributed by atoms with Crippen LogP contribution in [-0.4, -0.2) is 22.6 Å². The van der Waals surface area contributed by atoms with Crippen LogP contribution in [0.4, 0.5) is 13.2 Å². The molecule has 0 saturated carbocycles. The second-order valence-corrected chi connectivity index (χ2v) is 4.22. The first-order valence-corrected chi connectivity index (χ1v) is 5.55. The minimum atomic E-state index is -4.42. The number of carboxylic acids is 1. The Balaban J connectivity index is 0.000000365. The normalized spacial score (nSPS) is 13.7. The van der Waals surface area contributed by atoms with E-state index in [9.17, 15) is 18.0 Å². The largest absolute Gasteiger partial charge is 0.478 e. The van der Waals surface area contributed by atoms with E-state index in [4.69, 9.17) is 5.11 Å². The summed E-state index contributed by atoms with van der Waals surface area (Å²) in [5.41, 5.74) is -1.01. The maximum Gasteiger partial charge on any atom is 0.416 e. The highest BCUT2D eigenvalue weighted by Gasteiger charge is 2.30. The van der Waals surface area contributed by atoms with Crippen LogP contribution in [-0.2, 0) is 6.18 Å². The number of alkyl halides is 3. The molecule has 0 aromatic heterocycles. The van der Waals surface area contributed by atoms with Gasteiger partial charge in [-0.2, -0.15) is 24.9 Å². The van der Waals surface area contributed by atoms with Crippen molar-refractivity contribution in [3.63, 3.8) is 0 Å². The lowest BCUT2D eigenvalue weighted by atomic mass is 10.1. The number of rotatable bonds is 1. The van der Waals surface area contributed by atoms with E-state index in [0.717, 1.165) is 24.3 Å². The number of hydrogen-bond acceptors (Lipinski definition) is 2. The van der Waals surface area contributed by atoms with E-state index in [1.807, 2.05) is 11.8 Å². The fraction of sp³-hybridized carbons (Fsp3) is 0.300. The van der Waals surface area contributed by atoms with Gasteiger partial charge in [0.25, 0.3) is 0 Å². The van der Waals surface area contributed by atoms with Crippen molar-refractivity contribution in [2.45, 2.75) is 6.18 Å². The van der Waals surface area contributed by atoms with E-state index in [1.165, 1.54) is 11.5 Å². The van der Waals surface area contributed by atoms with E-state index >= 15 is 0 Å². The number of thioether (sulfide) groups is 1. The molecule has 1 saturated heterocycles. The van der Waals surface area contributed by atoms with Crippen LogP contribution in [0.5, 0.6) is 0 Å². The van der Waals surface area contributed by atoms with Crippen LogP contribution < -0.4 is 0 Å². The van der Waals surface area contributed by atoms with Crippen LogP contribution in [0, 0.1) is 0 Å². The molecule has 1 aromatic carbocycles. The van der Waals surface area contributed by atoms with Crippen LogP contribution >= 0.6 is 11.8 Å². The third-order valence-electron chi connectivity index (χ3n) is 1.66. The number of halogens is 3. The molecule has 1 fully saturated rings. The van der Waals surface area contributed by atoms with E-state index in [2.05, 4.69) is 0 Å². The highest BCUT2D eigenvalue weighted by atomic mass is 32.2. The van der Waals surface area contributed by atoms with Gasteiger partial charge in [0.15, 0.2) is 0 Å². The third kappa shape index (κ3) is 4.57. The highest BCUT2D eigenvalue weighted by molar-refractivity contribution is 8.06. The fourth-order valence-electron chi connectivity index (χ4n) is 0.802. The van der Waals surface area contributed by atoms with Gasteiger partial charge in [0.2, 0.25) is 0 Å². The van der Waals surface area contributed by atoms with Gasteiger partial charge in [-0.3, -0.25) is 0 Å². The van der Waals surface area contributed by atoms with Gasteiger partial charge < -0.3 is 5.11 Å². The quantitative estimate of drug-likeness (QED) is 0.778. The SMILES string of the molecule is C1CS1.O=C(O)c1ccc(C(F)(F)F)cc1. The molecule has 0 unspecified atom stereocenters. The van der Waals surface area contributed by atoms with Gasteiger partial charge in [-0.1, -0.05) is 0 Å². The lowest BCUT2D eigenvalue weighted by Gasteiger charge is -2.05. The lowest BCUT2D eigenvalue weighted by molar-refractivity contribution is -0.137. The number of carbonyl (C=O) groups is 1. The summed E-state index contributed by atoms with van der Waals surface area (Å²) >= 11 is 2.00. The van der Waals surface area contributed by atoms with Crippen molar-refractivity contribution in [3.8, 4) is 0 Å². The molecule has 88 valence electrons. The molecule has 16 heavy (non-hydrogen) atoms. The fourth-order valence-corrected chi connectivity index (χ4v) is 0.802. The average Bonchev–Trinajstić information content (AvgIpc) is 3.03. The molecule has 0 amide bonds. The standard InChI is InChI=1S/C8H5F3O2.C2H4S/c9-8(10,11)6-3-1-5(2-4-6)7(12)13;1-2-3-1/h1-4H,(H,12,13);1-2H2. The van der Waals surface area contributed by atoms with Gasteiger partial charge in [0.1, 0.15) is 0 Å². The predicted octanol–water partition coefficient (Wildman–Crippen LogP) is 3.14. The molecule has 0 spiro atoms. The molecule has 0 aliphatic carbocycles. The molecule has 2 nitrogen and oxygen atoms in total. The van der Waals surface area contributed by atoms with E-state index in [-0.39, 0.29) is 5.56 Å². The summed E-state index contributed by atoms with van der Waals surface area (Å²) in [6, 6.07) is 3.32. The van der Waals surface area contributed by atoms with Crippen molar-refractivity contribution in [2.24, 2.45) is 0 Å². The molecule has 0 bridgehead atoms. The molecule has 1 aliphatic rings. The van der Waals surface area contributed by atoms with Crippen LogP contribution in [0.1, 0.15) is 15.9 Å². The number of carboxylic acid groups (broad SMARTS) is 1. The predicted molar refractivity (Wildman–Crippen MR) is 55.7 cm³/mol. The molecule has 2 rings (SSSR count). The second kappa shape index (κ2) is 5.25. The van der Waals surface area contributed by atoms with Crippen molar-refractivity contribution in [1.82, 2.24) is 0 Å². The van der Waals surface area contributed by atoms with Crippen molar-refractivity contribution in [1.29, 1.82) is 0 Å². The number of hydrogen-bond donors (Lipinski definition) is 1. The highest BCUT2D eigenvalue weighted by Crippen LogP contribution is 2.28. The number of benzene rings is 1. The maximum absolute atomic E-state index is 12.0. The molecule has 6 heteroatoms. The van der Waals surface area contributed by atoms with Gasteiger partial charge in [0, 0.05) is 11.5 Å². The Hall–Kier alpha value is -1.17. The third-order valence-corrected chi connectivity index (χ3v) is 2.07. The molecule has 1 aliphatic heterocycles. The maximum atomic E-state index is 12.0. The van der Waals surface area contributed by atoms with E-state index < -0.39 is 17.7 Å². The zero-order valence-corrected chi connectivity index (χ0v) is 8.94. The van der Waals surface area contributed by atoms with Crippen LogP contribution in [0.25, 0.3) is 0 Å². The van der Waals surface area contributed by atoms with Crippen molar-refractivity contribution >= 4 is 17.7 Å². The smallest absolute Gasteiger partial charge is 0.416 e. The Bertz CT molecular complexity index is 355. The minimum Gasteiger partial charge on any atom is -0.478 e. The minimum absolute atomic E-state index is 0.159. The van der Waals surface area contributed by atoms with Crippen LogP contribution in [0.3, 0.4) is 0 Å². The first kappa shape index (κ1) is 12.9. The summed E-state index contributed by atoms with van der Waals surface area (Å²) < 4.78 is 35.9. The number of aromatic carboxylic acids is 1. The molecule has 1 heterocycles. The average molecular weight is 250 g/mol. The first-order valence-electron chi connectivity index (χ1n) is 4.39. The first-order chi connectivity index (χ1) is 7.41. The summed E-state index contributed by atoms with van der Waals surface area (Å²) in [5.74, 6) is 1.59. The van der Waals surface area contributed by atoms with Gasteiger partial charge >= 0.3 is 12.1 Å². The van der Waals surface area contributed by atoms with Gasteiger partial charge in [-0.15, -0.1) is 0 Å². The van der Waals surface area contributed by atoms with E-state index in [1.54, 1.807) is 0 Å². The monoisotopic (exact) mass is 250 g/mol. The topological polar surface area (TPSA) is 37.3 Å². The molecule has 0 atom stereocenters. The lowest BCUT2D eigenvalue weighted by Crippen LogP contribution is -2.05. The molecular weight excluding hydrogens is 241 g/mol. The second-order valence-electron chi connectivity index (χ2n) is 2.99. The van der Waals surface area contributed by atoms with Crippen molar-refractivity contribution < 1.29 is 23.1 Å². The Kier molecular flexibility index (Phi) is 4.23. The Morgan fingerprint density at radius 2 is 1.62 bits per heavy atom. The summed E-state index contributed by atoms with van der Waals surface area (Å²) in [7, 11) is 0. The molecule has 0 radical (unpaired) electrons.